The second-order valence-corrected chi connectivity index (χ2v) is 8.69. The summed E-state index contributed by atoms with van der Waals surface area (Å²) in [4.78, 5) is 35.3. The van der Waals surface area contributed by atoms with Crippen molar-refractivity contribution in [1.29, 1.82) is 0 Å². The van der Waals surface area contributed by atoms with Crippen LogP contribution in [0.5, 0.6) is 0 Å². The zero-order valence-corrected chi connectivity index (χ0v) is 18.2. The largest absolute Gasteiger partial charge is 0.386 e. The quantitative estimate of drug-likeness (QED) is 0.540. The fourth-order valence-electron chi connectivity index (χ4n) is 4.64. The van der Waals surface area contributed by atoms with Crippen LogP contribution in [0, 0.1) is 0 Å². The Balaban J connectivity index is 1.51. The lowest BCUT2D eigenvalue weighted by Crippen LogP contribution is -2.52. The highest BCUT2D eigenvalue weighted by Crippen LogP contribution is 2.29. The summed E-state index contributed by atoms with van der Waals surface area (Å²) in [6.07, 6.45) is 5.72. The van der Waals surface area contributed by atoms with Crippen molar-refractivity contribution in [2.75, 3.05) is 30.9 Å². The third-order valence-corrected chi connectivity index (χ3v) is 6.64. The van der Waals surface area contributed by atoms with Crippen LogP contribution in [0.4, 0.5) is 22.0 Å². The van der Waals surface area contributed by atoms with Gasteiger partial charge in [0.05, 0.1) is 37.1 Å². The van der Waals surface area contributed by atoms with Crippen LogP contribution < -0.4 is 21.5 Å². The van der Waals surface area contributed by atoms with E-state index in [0.717, 1.165) is 24.8 Å². The van der Waals surface area contributed by atoms with Gasteiger partial charge in [0.2, 0.25) is 0 Å². The number of hydrogen-bond donors (Lipinski definition) is 3. The Kier molecular flexibility index (Phi) is 4.80. The number of carbonyl (C=O) groups excluding carboxylic acids is 1. The molecule has 172 valence electrons. The molecule has 3 atom stereocenters. The van der Waals surface area contributed by atoms with E-state index in [1.807, 2.05) is 12.3 Å². The number of fused-ring (bicyclic) bond motifs is 4. The van der Waals surface area contributed by atoms with Gasteiger partial charge in [-0.2, -0.15) is 0 Å². The van der Waals surface area contributed by atoms with E-state index in [-0.39, 0.29) is 29.8 Å². The number of anilines is 3. The second-order valence-electron chi connectivity index (χ2n) is 8.69. The van der Waals surface area contributed by atoms with E-state index in [4.69, 9.17) is 9.47 Å². The molecule has 11 heteroatoms. The molecule has 33 heavy (non-hydrogen) atoms. The highest BCUT2D eigenvalue weighted by Gasteiger charge is 2.34. The van der Waals surface area contributed by atoms with E-state index in [1.54, 1.807) is 17.7 Å². The zero-order chi connectivity index (χ0) is 22.5. The Morgan fingerprint density at radius 3 is 2.88 bits per heavy atom. The summed E-state index contributed by atoms with van der Waals surface area (Å²) in [6.45, 7) is 1.48. The molecule has 0 spiro atoms. The van der Waals surface area contributed by atoms with E-state index in [2.05, 4.69) is 25.9 Å². The van der Waals surface area contributed by atoms with Crippen molar-refractivity contribution >= 4 is 34.4 Å². The number of ether oxygens (including phenoxy) is 2. The Morgan fingerprint density at radius 1 is 1.21 bits per heavy atom. The number of nitrogens with zero attached hydrogens (tertiary/aromatic N) is 4. The molecule has 5 heterocycles. The number of amides is 1. The van der Waals surface area contributed by atoms with Crippen LogP contribution in [-0.2, 0) is 16.1 Å². The van der Waals surface area contributed by atoms with Gasteiger partial charge in [-0.15, -0.1) is 0 Å². The van der Waals surface area contributed by atoms with Crippen LogP contribution in [0.1, 0.15) is 30.9 Å². The summed E-state index contributed by atoms with van der Waals surface area (Å²) in [5.74, 6) is 0.435. The third kappa shape index (κ3) is 3.44. The van der Waals surface area contributed by atoms with Gasteiger partial charge in [0.25, 0.3) is 5.56 Å². The maximum absolute atomic E-state index is 13.3. The van der Waals surface area contributed by atoms with E-state index in [9.17, 15) is 9.59 Å². The molecule has 11 nitrogen and oxygen atoms in total. The molecule has 4 bridgehead atoms. The van der Waals surface area contributed by atoms with Crippen molar-refractivity contribution in [1.82, 2.24) is 24.4 Å². The number of imidazole rings is 1. The Morgan fingerprint density at radius 2 is 2.12 bits per heavy atom. The molecule has 0 radical (unpaired) electrons. The predicted molar refractivity (Wildman–Crippen MR) is 121 cm³/mol. The lowest BCUT2D eigenvalue weighted by molar-refractivity contribution is -0.0325. The molecule has 1 saturated carbocycles. The van der Waals surface area contributed by atoms with Crippen LogP contribution >= 0.6 is 0 Å². The minimum atomic E-state index is -0.304. The number of nitrogens with one attached hydrogen (secondary N) is 3. The number of rotatable bonds is 2. The summed E-state index contributed by atoms with van der Waals surface area (Å²) in [7, 11) is 1.78. The number of aromatic nitrogens is 4. The average Bonchev–Trinajstić information content (AvgIpc) is 3.48. The standard InChI is InChI=1S/C22H25N7O4/c1-23-15-7-18-25-16-6-12(8-28(21(16)30)13-4-5-32-10-13)9-33-17-3-2-14(17)26-22(31)29-11-24-19(15)20(29)27-18/h6-8,11,13-14,17H,2-5,9-10H2,1H3,(H,26,31)(H2,23,25,27)/t13-,14+,17+/m0/s1. The van der Waals surface area contributed by atoms with Crippen molar-refractivity contribution in [2.24, 2.45) is 0 Å². The van der Waals surface area contributed by atoms with E-state index in [1.165, 1.54) is 10.9 Å². The van der Waals surface area contributed by atoms with Gasteiger partial charge in [0.1, 0.15) is 23.3 Å². The summed E-state index contributed by atoms with van der Waals surface area (Å²) in [5, 5.41) is 9.32. The van der Waals surface area contributed by atoms with E-state index >= 15 is 0 Å². The molecule has 3 aromatic heterocycles. The maximum atomic E-state index is 13.3. The Bertz CT molecular complexity index is 1290. The van der Waals surface area contributed by atoms with E-state index < -0.39 is 0 Å². The summed E-state index contributed by atoms with van der Waals surface area (Å²) >= 11 is 0. The zero-order valence-electron chi connectivity index (χ0n) is 18.2. The highest BCUT2D eigenvalue weighted by molar-refractivity contribution is 5.94. The van der Waals surface area contributed by atoms with Gasteiger partial charge in [0.15, 0.2) is 5.65 Å². The summed E-state index contributed by atoms with van der Waals surface area (Å²) < 4.78 is 14.8. The normalized spacial score (nSPS) is 24.5. The van der Waals surface area contributed by atoms with E-state index in [0.29, 0.717) is 48.2 Å². The highest BCUT2D eigenvalue weighted by atomic mass is 16.5. The van der Waals surface area contributed by atoms with Gasteiger partial charge >= 0.3 is 6.03 Å². The first-order valence-corrected chi connectivity index (χ1v) is 11.2. The molecular formula is C22H25N7O4. The lowest BCUT2D eigenvalue weighted by Gasteiger charge is -2.36. The topological polar surface area (TPSA) is 124 Å². The van der Waals surface area contributed by atoms with Gasteiger partial charge in [-0.25, -0.2) is 19.3 Å². The van der Waals surface area contributed by atoms with Crippen molar-refractivity contribution in [3.63, 3.8) is 0 Å². The third-order valence-electron chi connectivity index (χ3n) is 6.64. The van der Waals surface area contributed by atoms with Crippen LogP contribution in [0.2, 0.25) is 0 Å². The fraction of sp³-hybridized carbons (Fsp3) is 0.455. The maximum Gasteiger partial charge on any atom is 0.328 e. The van der Waals surface area contributed by atoms with Crippen molar-refractivity contribution in [2.45, 2.75) is 44.1 Å². The lowest BCUT2D eigenvalue weighted by atomic mass is 9.89. The minimum Gasteiger partial charge on any atom is -0.386 e. The first-order valence-electron chi connectivity index (χ1n) is 11.2. The molecule has 1 amide bonds. The van der Waals surface area contributed by atoms with Crippen LogP contribution in [0.3, 0.4) is 0 Å². The van der Waals surface area contributed by atoms with Gasteiger partial charge < -0.3 is 30.0 Å². The smallest absolute Gasteiger partial charge is 0.328 e. The molecular weight excluding hydrogens is 426 g/mol. The van der Waals surface area contributed by atoms with Crippen LogP contribution in [0.25, 0.3) is 11.2 Å². The molecule has 6 rings (SSSR count). The number of pyridine rings is 2. The monoisotopic (exact) mass is 451 g/mol. The molecule has 3 N–H and O–H groups in total. The molecule has 1 saturated heterocycles. The molecule has 3 aliphatic rings. The first kappa shape index (κ1) is 20.2. The molecule has 3 aromatic rings. The van der Waals surface area contributed by atoms with Crippen molar-refractivity contribution in [3.05, 3.63) is 40.6 Å². The Hall–Kier alpha value is -3.44. The van der Waals surface area contributed by atoms with Crippen LogP contribution in [0.15, 0.2) is 29.5 Å². The fourth-order valence-corrected chi connectivity index (χ4v) is 4.64. The van der Waals surface area contributed by atoms with Gasteiger partial charge in [-0.1, -0.05) is 0 Å². The molecule has 1 aliphatic carbocycles. The molecule has 0 unspecified atom stereocenters. The van der Waals surface area contributed by atoms with Gasteiger partial charge in [0, 0.05) is 25.9 Å². The number of carbonyl (C=O) groups is 1. The Labute approximate surface area is 189 Å². The van der Waals surface area contributed by atoms with Crippen molar-refractivity contribution in [3.8, 4) is 0 Å². The summed E-state index contributed by atoms with van der Waals surface area (Å²) in [6, 6.07) is 3.18. The second kappa shape index (κ2) is 7.85. The average molecular weight is 451 g/mol. The van der Waals surface area contributed by atoms with Crippen LogP contribution in [-0.4, -0.2) is 57.5 Å². The first-order chi connectivity index (χ1) is 16.1. The van der Waals surface area contributed by atoms with Crippen molar-refractivity contribution < 1.29 is 14.3 Å². The molecule has 2 fully saturated rings. The van der Waals surface area contributed by atoms with Gasteiger partial charge in [-0.05, 0) is 30.9 Å². The molecule has 2 aliphatic heterocycles. The number of hydrogen-bond acceptors (Lipinski definition) is 8. The summed E-state index contributed by atoms with van der Waals surface area (Å²) in [5.41, 5.74) is 2.79. The van der Waals surface area contributed by atoms with Gasteiger partial charge in [-0.3, -0.25) is 4.79 Å². The molecule has 0 aromatic carbocycles. The SMILES string of the molecule is CNc1cc2nc3c1ncn3C(=O)N[C@@H]1CC[C@H]1OCc1cc(c(=O)n([C@H]3CCOC3)c1)N2. The predicted octanol–water partition coefficient (Wildman–Crippen LogP) is 1.96. The minimum absolute atomic E-state index is 0.0163.